The normalized spacial score (nSPS) is 11.9. The van der Waals surface area contributed by atoms with E-state index >= 15 is 0 Å². The standard InChI is InChI=1S/C12H14F3NO2/c1-17-9-6-8(4-3-5-16)11(18-2)10(7-9)12(13,14)15/h3-4,6-7H,5,16H2,1-2H3/b4-3+. The number of halogens is 3. The van der Waals surface area contributed by atoms with Gasteiger partial charge in [-0.25, -0.2) is 0 Å². The molecule has 0 fully saturated rings. The van der Waals surface area contributed by atoms with Crippen molar-refractivity contribution in [3.05, 3.63) is 29.3 Å². The molecule has 1 rings (SSSR count). The lowest BCUT2D eigenvalue weighted by atomic mass is 10.1. The Hall–Kier alpha value is -1.69. The molecule has 6 heteroatoms. The fourth-order valence-electron chi connectivity index (χ4n) is 1.50. The first-order valence-corrected chi connectivity index (χ1v) is 5.13. The van der Waals surface area contributed by atoms with Gasteiger partial charge in [0.05, 0.1) is 14.2 Å². The molecule has 3 nitrogen and oxygen atoms in total. The summed E-state index contributed by atoms with van der Waals surface area (Å²) in [7, 11) is 2.50. The minimum Gasteiger partial charge on any atom is -0.497 e. The van der Waals surface area contributed by atoms with Gasteiger partial charge in [-0.15, -0.1) is 0 Å². The monoisotopic (exact) mass is 261 g/mol. The third-order valence-electron chi connectivity index (χ3n) is 2.27. The molecule has 0 atom stereocenters. The molecule has 0 aromatic heterocycles. The van der Waals surface area contributed by atoms with Crippen molar-refractivity contribution in [2.45, 2.75) is 6.18 Å². The van der Waals surface area contributed by atoms with Gasteiger partial charge in [0.2, 0.25) is 0 Å². The summed E-state index contributed by atoms with van der Waals surface area (Å²) < 4.78 is 48.3. The summed E-state index contributed by atoms with van der Waals surface area (Å²) >= 11 is 0. The van der Waals surface area contributed by atoms with Gasteiger partial charge in [0, 0.05) is 12.1 Å². The number of benzene rings is 1. The zero-order valence-electron chi connectivity index (χ0n) is 10.0. The van der Waals surface area contributed by atoms with Crippen molar-refractivity contribution in [1.82, 2.24) is 0 Å². The molecule has 0 heterocycles. The molecule has 0 saturated carbocycles. The van der Waals surface area contributed by atoms with E-state index in [1.807, 2.05) is 0 Å². The Morgan fingerprint density at radius 3 is 2.33 bits per heavy atom. The zero-order valence-corrected chi connectivity index (χ0v) is 10.0. The van der Waals surface area contributed by atoms with Gasteiger partial charge in [0.15, 0.2) is 0 Å². The van der Waals surface area contributed by atoms with Crippen LogP contribution in [-0.2, 0) is 6.18 Å². The van der Waals surface area contributed by atoms with Gasteiger partial charge in [0.1, 0.15) is 17.1 Å². The Morgan fingerprint density at radius 1 is 1.22 bits per heavy atom. The van der Waals surface area contributed by atoms with Crippen LogP contribution in [-0.4, -0.2) is 20.8 Å². The van der Waals surface area contributed by atoms with Gasteiger partial charge in [-0.1, -0.05) is 12.2 Å². The third-order valence-corrected chi connectivity index (χ3v) is 2.27. The van der Waals surface area contributed by atoms with Crippen LogP contribution in [0.1, 0.15) is 11.1 Å². The maximum Gasteiger partial charge on any atom is 0.420 e. The first kappa shape index (κ1) is 14.4. The van der Waals surface area contributed by atoms with E-state index in [1.165, 1.54) is 32.4 Å². The van der Waals surface area contributed by atoms with Crippen LogP contribution in [0.5, 0.6) is 11.5 Å². The highest BCUT2D eigenvalue weighted by molar-refractivity contribution is 5.63. The molecule has 1 aromatic rings. The van der Waals surface area contributed by atoms with Gasteiger partial charge in [-0.2, -0.15) is 13.2 Å². The number of ether oxygens (including phenoxy) is 2. The second kappa shape index (κ2) is 5.77. The number of rotatable bonds is 4. The van der Waals surface area contributed by atoms with Crippen LogP contribution < -0.4 is 15.2 Å². The van der Waals surface area contributed by atoms with E-state index in [1.54, 1.807) is 0 Å². The van der Waals surface area contributed by atoms with E-state index in [0.29, 0.717) is 0 Å². The Bertz CT molecular complexity index is 442. The fourth-order valence-corrected chi connectivity index (χ4v) is 1.50. The van der Waals surface area contributed by atoms with Crippen LogP contribution in [0.2, 0.25) is 0 Å². The first-order chi connectivity index (χ1) is 8.43. The van der Waals surface area contributed by atoms with Crippen LogP contribution in [0.4, 0.5) is 13.2 Å². The topological polar surface area (TPSA) is 44.5 Å². The molecule has 0 aliphatic heterocycles. The summed E-state index contributed by atoms with van der Waals surface area (Å²) in [5.41, 5.74) is 4.68. The molecule has 0 saturated heterocycles. The van der Waals surface area contributed by atoms with E-state index in [-0.39, 0.29) is 23.6 Å². The van der Waals surface area contributed by atoms with Crippen molar-refractivity contribution in [3.8, 4) is 11.5 Å². The highest BCUT2D eigenvalue weighted by Gasteiger charge is 2.35. The van der Waals surface area contributed by atoms with Crippen molar-refractivity contribution in [2.24, 2.45) is 5.73 Å². The van der Waals surface area contributed by atoms with E-state index in [9.17, 15) is 13.2 Å². The lowest BCUT2D eigenvalue weighted by molar-refractivity contribution is -0.138. The Balaban J connectivity index is 3.45. The molecule has 1 aromatic carbocycles. The van der Waals surface area contributed by atoms with Crippen LogP contribution in [0.25, 0.3) is 6.08 Å². The van der Waals surface area contributed by atoms with Gasteiger partial charge in [-0.05, 0) is 12.1 Å². The van der Waals surface area contributed by atoms with Crippen molar-refractivity contribution in [3.63, 3.8) is 0 Å². The van der Waals surface area contributed by atoms with Gasteiger partial charge in [0.25, 0.3) is 0 Å². The molecular formula is C12H14F3NO2. The van der Waals surface area contributed by atoms with E-state index in [4.69, 9.17) is 15.2 Å². The quantitative estimate of drug-likeness (QED) is 0.906. The Labute approximate surface area is 103 Å². The van der Waals surface area contributed by atoms with Crippen LogP contribution in [0, 0.1) is 0 Å². The summed E-state index contributed by atoms with van der Waals surface area (Å²) in [4.78, 5) is 0. The van der Waals surface area contributed by atoms with Gasteiger partial charge in [-0.3, -0.25) is 0 Å². The molecule has 0 radical (unpaired) electrons. The number of nitrogens with two attached hydrogens (primary N) is 1. The van der Waals surface area contributed by atoms with E-state index < -0.39 is 11.7 Å². The van der Waals surface area contributed by atoms with E-state index in [0.717, 1.165) is 6.07 Å². The summed E-state index contributed by atoms with van der Waals surface area (Å²) in [6.45, 7) is 0.224. The smallest absolute Gasteiger partial charge is 0.420 e. The van der Waals surface area contributed by atoms with Crippen LogP contribution in [0.3, 0.4) is 0 Å². The SMILES string of the molecule is COc1cc(/C=C/CN)c(OC)c(C(F)(F)F)c1. The molecule has 0 aliphatic rings. The number of hydrogen-bond donors (Lipinski definition) is 1. The van der Waals surface area contributed by atoms with Crippen molar-refractivity contribution in [2.75, 3.05) is 20.8 Å². The average molecular weight is 261 g/mol. The maximum atomic E-state index is 12.9. The molecule has 0 unspecified atom stereocenters. The molecule has 0 bridgehead atoms. The summed E-state index contributed by atoms with van der Waals surface area (Å²) in [5, 5.41) is 0. The van der Waals surface area contributed by atoms with Crippen LogP contribution in [0.15, 0.2) is 18.2 Å². The minimum absolute atomic E-state index is 0.111. The summed E-state index contributed by atoms with van der Waals surface area (Å²) in [6.07, 6.45) is -1.50. The number of alkyl halides is 3. The fraction of sp³-hybridized carbons (Fsp3) is 0.333. The van der Waals surface area contributed by atoms with E-state index in [2.05, 4.69) is 0 Å². The second-order valence-electron chi connectivity index (χ2n) is 3.43. The molecule has 0 amide bonds. The van der Waals surface area contributed by atoms with Gasteiger partial charge < -0.3 is 15.2 Å². The lowest BCUT2D eigenvalue weighted by Gasteiger charge is -2.15. The second-order valence-corrected chi connectivity index (χ2v) is 3.43. The van der Waals surface area contributed by atoms with Crippen molar-refractivity contribution < 1.29 is 22.6 Å². The molecule has 100 valence electrons. The third kappa shape index (κ3) is 3.16. The number of methoxy groups -OCH3 is 2. The number of hydrogen-bond acceptors (Lipinski definition) is 3. The lowest BCUT2D eigenvalue weighted by Crippen LogP contribution is -2.09. The predicted molar refractivity (Wildman–Crippen MR) is 62.6 cm³/mol. The summed E-state index contributed by atoms with van der Waals surface area (Å²) in [5.74, 6) is -0.132. The zero-order chi connectivity index (χ0) is 13.8. The van der Waals surface area contributed by atoms with Gasteiger partial charge >= 0.3 is 6.18 Å². The summed E-state index contributed by atoms with van der Waals surface area (Å²) in [6, 6.07) is 2.36. The maximum absolute atomic E-state index is 12.9. The minimum atomic E-state index is -4.51. The molecule has 0 aliphatic carbocycles. The average Bonchev–Trinajstić information content (AvgIpc) is 2.33. The molecule has 18 heavy (non-hydrogen) atoms. The van der Waals surface area contributed by atoms with Crippen molar-refractivity contribution >= 4 is 6.08 Å². The first-order valence-electron chi connectivity index (χ1n) is 5.13. The highest BCUT2D eigenvalue weighted by atomic mass is 19.4. The Kier molecular flexibility index (Phi) is 4.61. The Morgan fingerprint density at radius 2 is 1.89 bits per heavy atom. The largest absolute Gasteiger partial charge is 0.497 e. The highest BCUT2D eigenvalue weighted by Crippen LogP contribution is 2.41. The van der Waals surface area contributed by atoms with Crippen LogP contribution >= 0.6 is 0 Å². The molecule has 2 N–H and O–H groups in total. The molecule has 0 spiro atoms. The predicted octanol–water partition coefficient (Wildman–Crippen LogP) is 2.69. The molecular weight excluding hydrogens is 247 g/mol. The van der Waals surface area contributed by atoms with Crippen molar-refractivity contribution in [1.29, 1.82) is 0 Å².